The Morgan fingerprint density at radius 2 is 2.21 bits per heavy atom. The number of amides is 1. The molecule has 3 aromatic rings. The minimum atomic E-state index is -0.0375. The summed E-state index contributed by atoms with van der Waals surface area (Å²) in [6.45, 7) is 3.53. The first kappa shape index (κ1) is 14.9. The van der Waals surface area contributed by atoms with E-state index in [2.05, 4.69) is 33.8 Å². The predicted molar refractivity (Wildman–Crippen MR) is 93.7 cm³/mol. The predicted octanol–water partition coefficient (Wildman–Crippen LogP) is 2.53. The molecule has 1 aliphatic heterocycles. The zero-order valence-electron chi connectivity index (χ0n) is 13.6. The molecule has 1 amide bonds. The van der Waals surface area contributed by atoms with Gasteiger partial charge in [-0.3, -0.25) is 9.89 Å². The highest BCUT2D eigenvalue weighted by atomic mass is 16.1. The lowest BCUT2D eigenvalue weighted by Gasteiger charge is -2.23. The quantitative estimate of drug-likeness (QED) is 0.694. The SMILES string of the molecule is CC1Cc2cc(C(=O)NCc3cccc4[nH]ncc34)ccc2CN1. The fourth-order valence-corrected chi connectivity index (χ4v) is 3.28. The Morgan fingerprint density at radius 1 is 1.29 bits per heavy atom. The first-order chi connectivity index (χ1) is 11.7. The molecule has 2 heterocycles. The lowest BCUT2D eigenvalue weighted by atomic mass is 9.94. The average Bonchev–Trinajstić information content (AvgIpc) is 3.08. The zero-order chi connectivity index (χ0) is 16.5. The third-order valence-electron chi connectivity index (χ3n) is 4.65. The third kappa shape index (κ3) is 2.78. The van der Waals surface area contributed by atoms with E-state index >= 15 is 0 Å². The zero-order valence-corrected chi connectivity index (χ0v) is 13.6. The second kappa shape index (κ2) is 6.09. The number of fused-ring (bicyclic) bond motifs is 2. The van der Waals surface area contributed by atoms with Gasteiger partial charge in [0, 0.05) is 30.1 Å². The standard InChI is InChI=1S/C19H20N4O/c1-12-7-16-8-13(5-6-14(16)9-20-12)19(24)21-10-15-3-2-4-18-17(15)11-22-23-18/h2-6,8,11-12,20H,7,9-10H2,1H3,(H,21,24)(H,22,23). The normalized spacial score (nSPS) is 16.8. The number of hydrogen-bond acceptors (Lipinski definition) is 3. The van der Waals surface area contributed by atoms with Gasteiger partial charge in [-0.25, -0.2) is 0 Å². The first-order valence-corrected chi connectivity index (χ1v) is 8.25. The summed E-state index contributed by atoms with van der Waals surface area (Å²) in [6.07, 6.45) is 2.76. The van der Waals surface area contributed by atoms with Crippen molar-refractivity contribution < 1.29 is 4.79 Å². The number of aromatic nitrogens is 2. The maximum absolute atomic E-state index is 12.5. The van der Waals surface area contributed by atoms with Crippen LogP contribution < -0.4 is 10.6 Å². The molecule has 0 bridgehead atoms. The van der Waals surface area contributed by atoms with Crippen molar-refractivity contribution in [1.82, 2.24) is 20.8 Å². The van der Waals surface area contributed by atoms with Crippen molar-refractivity contribution in [2.45, 2.75) is 32.5 Å². The molecule has 1 atom stereocenters. The van der Waals surface area contributed by atoms with Crippen molar-refractivity contribution in [1.29, 1.82) is 0 Å². The number of hydrogen-bond donors (Lipinski definition) is 3. The van der Waals surface area contributed by atoms with Crippen LogP contribution in [0.1, 0.15) is 34.0 Å². The molecule has 1 unspecified atom stereocenters. The lowest BCUT2D eigenvalue weighted by molar-refractivity contribution is 0.0951. The first-order valence-electron chi connectivity index (χ1n) is 8.25. The smallest absolute Gasteiger partial charge is 0.251 e. The number of aromatic amines is 1. The number of carbonyl (C=O) groups is 1. The van der Waals surface area contributed by atoms with Crippen LogP contribution in [0.5, 0.6) is 0 Å². The summed E-state index contributed by atoms with van der Waals surface area (Å²) in [5.41, 5.74) is 5.32. The van der Waals surface area contributed by atoms with Gasteiger partial charge in [-0.2, -0.15) is 5.10 Å². The van der Waals surface area contributed by atoms with E-state index in [1.54, 1.807) is 6.20 Å². The van der Waals surface area contributed by atoms with Crippen molar-refractivity contribution in [2.75, 3.05) is 0 Å². The summed E-state index contributed by atoms with van der Waals surface area (Å²) in [6, 6.07) is 12.4. The van der Waals surface area contributed by atoms with E-state index in [1.165, 1.54) is 11.1 Å². The Morgan fingerprint density at radius 3 is 3.12 bits per heavy atom. The van der Waals surface area contributed by atoms with E-state index in [0.29, 0.717) is 12.6 Å². The van der Waals surface area contributed by atoms with Gasteiger partial charge >= 0.3 is 0 Å². The number of benzene rings is 2. The maximum Gasteiger partial charge on any atom is 0.251 e. The number of nitrogens with one attached hydrogen (secondary N) is 3. The fraction of sp³-hybridized carbons (Fsp3) is 0.263. The number of rotatable bonds is 3. The van der Waals surface area contributed by atoms with Gasteiger partial charge < -0.3 is 10.6 Å². The van der Waals surface area contributed by atoms with Gasteiger partial charge in [0.05, 0.1) is 11.7 Å². The van der Waals surface area contributed by atoms with E-state index in [9.17, 15) is 4.79 Å². The van der Waals surface area contributed by atoms with Gasteiger partial charge in [-0.1, -0.05) is 18.2 Å². The van der Waals surface area contributed by atoms with Gasteiger partial charge in [-0.15, -0.1) is 0 Å². The number of nitrogens with zero attached hydrogens (tertiary/aromatic N) is 1. The molecule has 0 saturated carbocycles. The minimum Gasteiger partial charge on any atom is -0.348 e. The van der Waals surface area contributed by atoms with Crippen molar-refractivity contribution in [3.05, 3.63) is 64.8 Å². The summed E-state index contributed by atoms with van der Waals surface area (Å²) < 4.78 is 0. The molecule has 2 aromatic carbocycles. The lowest BCUT2D eigenvalue weighted by Crippen LogP contribution is -2.33. The number of carbonyl (C=O) groups excluding carboxylic acids is 1. The topological polar surface area (TPSA) is 69.8 Å². The molecule has 5 heteroatoms. The minimum absolute atomic E-state index is 0.0375. The monoisotopic (exact) mass is 320 g/mol. The maximum atomic E-state index is 12.5. The Kier molecular flexibility index (Phi) is 3.78. The summed E-state index contributed by atoms with van der Waals surface area (Å²) in [5.74, 6) is -0.0375. The van der Waals surface area contributed by atoms with Crippen molar-refractivity contribution in [2.24, 2.45) is 0 Å². The van der Waals surface area contributed by atoms with E-state index < -0.39 is 0 Å². The average molecular weight is 320 g/mol. The van der Waals surface area contributed by atoms with Crippen LogP contribution in [0.2, 0.25) is 0 Å². The summed E-state index contributed by atoms with van der Waals surface area (Å²) >= 11 is 0. The van der Waals surface area contributed by atoms with Crippen LogP contribution in [0.3, 0.4) is 0 Å². The molecule has 24 heavy (non-hydrogen) atoms. The van der Waals surface area contributed by atoms with Crippen LogP contribution >= 0.6 is 0 Å². The van der Waals surface area contributed by atoms with Crippen molar-refractivity contribution in [3.8, 4) is 0 Å². The van der Waals surface area contributed by atoms with Gasteiger partial charge in [0.25, 0.3) is 5.91 Å². The van der Waals surface area contributed by atoms with E-state index in [-0.39, 0.29) is 5.91 Å². The van der Waals surface area contributed by atoms with Gasteiger partial charge in [0.1, 0.15) is 0 Å². The number of H-pyrrole nitrogens is 1. The Balaban J connectivity index is 1.50. The highest BCUT2D eigenvalue weighted by Gasteiger charge is 2.16. The fourth-order valence-electron chi connectivity index (χ4n) is 3.28. The summed E-state index contributed by atoms with van der Waals surface area (Å²) in [5, 5.41) is 14.5. The van der Waals surface area contributed by atoms with Crippen molar-refractivity contribution >= 4 is 16.8 Å². The molecule has 0 fully saturated rings. The second-order valence-electron chi connectivity index (χ2n) is 6.40. The molecule has 4 rings (SSSR count). The highest BCUT2D eigenvalue weighted by Crippen LogP contribution is 2.19. The molecule has 0 saturated heterocycles. The Hall–Kier alpha value is -2.66. The molecular formula is C19H20N4O. The molecule has 0 spiro atoms. The van der Waals surface area contributed by atoms with Crippen LogP contribution in [-0.4, -0.2) is 22.1 Å². The Bertz CT molecular complexity index is 899. The summed E-state index contributed by atoms with van der Waals surface area (Å²) in [7, 11) is 0. The van der Waals surface area contributed by atoms with Crippen LogP contribution in [0.25, 0.3) is 10.9 Å². The molecule has 1 aliphatic rings. The van der Waals surface area contributed by atoms with Crippen molar-refractivity contribution in [3.63, 3.8) is 0 Å². The van der Waals surface area contributed by atoms with Gasteiger partial charge in [0.2, 0.25) is 0 Å². The molecule has 0 radical (unpaired) electrons. The van der Waals surface area contributed by atoms with E-state index in [1.807, 2.05) is 30.3 Å². The molecule has 1 aromatic heterocycles. The molecule has 5 nitrogen and oxygen atoms in total. The van der Waals surface area contributed by atoms with E-state index in [4.69, 9.17) is 0 Å². The third-order valence-corrected chi connectivity index (χ3v) is 4.65. The van der Waals surface area contributed by atoms with Crippen LogP contribution in [0.15, 0.2) is 42.6 Å². The summed E-state index contributed by atoms with van der Waals surface area (Å²) in [4.78, 5) is 12.5. The van der Waals surface area contributed by atoms with Crippen LogP contribution in [0, 0.1) is 0 Å². The Labute approximate surface area is 140 Å². The molecular weight excluding hydrogens is 300 g/mol. The van der Waals surface area contributed by atoms with Gasteiger partial charge in [0.15, 0.2) is 0 Å². The largest absolute Gasteiger partial charge is 0.348 e. The molecule has 0 aliphatic carbocycles. The van der Waals surface area contributed by atoms with E-state index in [0.717, 1.165) is 35.0 Å². The second-order valence-corrected chi connectivity index (χ2v) is 6.40. The molecule has 122 valence electrons. The van der Waals surface area contributed by atoms with Crippen LogP contribution in [0.4, 0.5) is 0 Å². The van der Waals surface area contributed by atoms with Gasteiger partial charge in [-0.05, 0) is 48.2 Å². The molecule has 3 N–H and O–H groups in total. The highest BCUT2D eigenvalue weighted by molar-refractivity contribution is 5.94. The van der Waals surface area contributed by atoms with Crippen LogP contribution in [-0.2, 0) is 19.5 Å².